The van der Waals surface area contributed by atoms with Crippen LogP contribution in [0.2, 0.25) is 10.0 Å². The number of aromatic nitrogens is 1. The maximum atomic E-state index is 12.5. The van der Waals surface area contributed by atoms with Gasteiger partial charge in [0.25, 0.3) is 5.91 Å². The topological polar surface area (TPSA) is 88.2 Å². The van der Waals surface area contributed by atoms with E-state index in [1.165, 1.54) is 23.5 Å². The number of benzene rings is 1. The molecule has 1 saturated carbocycles. The zero-order valence-corrected chi connectivity index (χ0v) is 17.9. The van der Waals surface area contributed by atoms with E-state index < -0.39 is 15.9 Å². The molecule has 0 atom stereocenters. The van der Waals surface area contributed by atoms with Crippen LogP contribution in [0.4, 0.5) is 0 Å². The highest BCUT2D eigenvalue weighted by molar-refractivity contribution is 7.89. The van der Waals surface area contributed by atoms with E-state index in [-0.39, 0.29) is 33.1 Å². The Bertz CT molecular complexity index is 970. The van der Waals surface area contributed by atoms with Gasteiger partial charge in [0.05, 0.1) is 32.9 Å². The molecule has 1 aliphatic carbocycles. The predicted octanol–water partition coefficient (Wildman–Crippen LogP) is 3.94. The second-order valence-electron chi connectivity index (χ2n) is 6.67. The minimum Gasteiger partial charge on any atom is -0.346 e. The van der Waals surface area contributed by atoms with Gasteiger partial charge in [-0.25, -0.2) is 18.1 Å². The van der Waals surface area contributed by atoms with Crippen molar-refractivity contribution in [3.8, 4) is 0 Å². The standard InChI is InChI=1S/C17H19Cl2N3O3S2/c1-9(2)17-21-11(8-26-17)7-20-16(23)12-5-15(14(19)6-13(12)18)27(24,25)22-10-3-4-10/h5-6,8-10,22H,3-4,7H2,1-2H3,(H,20,23). The molecule has 1 fully saturated rings. The van der Waals surface area contributed by atoms with Crippen LogP contribution in [-0.2, 0) is 16.6 Å². The molecule has 2 aromatic rings. The number of nitrogens with one attached hydrogen (secondary N) is 2. The third-order valence-electron chi connectivity index (χ3n) is 3.95. The molecule has 2 N–H and O–H groups in total. The summed E-state index contributed by atoms with van der Waals surface area (Å²) in [6, 6.07) is 2.42. The summed E-state index contributed by atoms with van der Waals surface area (Å²) in [5, 5.41) is 5.66. The van der Waals surface area contributed by atoms with E-state index >= 15 is 0 Å². The summed E-state index contributed by atoms with van der Waals surface area (Å²) in [6.07, 6.45) is 1.59. The van der Waals surface area contributed by atoms with Gasteiger partial charge in [-0.1, -0.05) is 37.0 Å². The SMILES string of the molecule is CC(C)c1nc(CNC(=O)c2cc(S(=O)(=O)NC3CC3)c(Cl)cc2Cl)cs1. The quantitative estimate of drug-likeness (QED) is 0.672. The van der Waals surface area contributed by atoms with Gasteiger partial charge in [-0.2, -0.15) is 0 Å². The van der Waals surface area contributed by atoms with E-state index in [0.717, 1.165) is 23.5 Å². The van der Waals surface area contributed by atoms with Gasteiger partial charge < -0.3 is 5.32 Å². The summed E-state index contributed by atoms with van der Waals surface area (Å²) >= 11 is 13.7. The Labute approximate surface area is 172 Å². The molecular weight excluding hydrogens is 429 g/mol. The average Bonchev–Trinajstić information content (AvgIpc) is 3.24. The van der Waals surface area contributed by atoms with Gasteiger partial charge in [-0.05, 0) is 25.0 Å². The lowest BCUT2D eigenvalue weighted by Gasteiger charge is -2.11. The molecule has 0 spiro atoms. The number of hydrogen-bond donors (Lipinski definition) is 2. The maximum Gasteiger partial charge on any atom is 0.253 e. The largest absolute Gasteiger partial charge is 0.346 e. The molecule has 3 rings (SSSR count). The monoisotopic (exact) mass is 447 g/mol. The highest BCUT2D eigenvalue weighted by Gasteiger charge is 2.30. The van der Waals surface area contributed by atoms with Gasteiger partial charge in [0, 0.05) is 17.3 Å². The van der Waals surface area contributed by atoms with Crippen LogP contribution in [0.3, 0.4) is 0 Å². The Morgan fingerprint density at radius 3 is 2.59 bits per heavy atom. The first-order valence-electron chi connectivity index (χ1n) is 8.41. The van der Waals surface area contributed by atoms with Crippen molar-refractivity contribution in [1.82, 2.24) is 15.0 Å². The number of halogens is 2. The molecule has 0 aliphatic heterocycles. The van der Waals surface area contributed by atoms with Crippen LogP contribution in [0.1, 0.15) is 53.7 Å². The van der Waals surface area contributed by atoms with Crippen LogP contribution >= 0.6 is 34.5 Å². The molecular formula is C17H19Cl2N3O3S2. The highest BCUT2D eigenvalue weighted by atomic mass is 35.5. The van der Waals surface area contributed by atoms with Crippen molar-refractivity contribution in [2.75, 3.05) is 0 Å². The van der Waals surface area contributed by atoms with Gasteiger partial charge in [0.1, 0.15) is 4.90 Å². The maximum absolute atomic E-state index is 12.5. The molecule has 1 aromatic carbocycles. The molecule has 146 valence electrons. The number of hydrogen-bond acceptors (Lipinski definition) is 5. The van der Waals surface area contributed by atoms with Gasteiger partial charge in [0.15, 0.2) is 0 Å². The lowest BCUT2D eigenvalue weighted by atomic mass is 10.2. The molecule has 1 amide bonds. The van der Waals surface area contributed by atoms with Crippen LogP contribution in [0.15, 0.2) is 22.4 Å². The fraction of sp³-hybridized carbons (Fsp3) is 0.412. The number of thiazole rings is 1. The Balaban J connectivity index is 1.78. The number of sulfonamides is 1. The van der Waals surface area contributed by atoms with E-state index in [0.29, 0.717) is 5.92 Å². The van der Waals surface area contributed by atoms with E-state index in [9.17, 15) is 13.2 Å². The fourth-order valence-electron chi connectivity index (χ4n) is 2.33. The zero-order valence-electron chi connectivity index (χ0n) is 14.8. The summed E-state index contributed by atoms with van der Waals surface area (Å²) in [4.78, 5) is 16.8. The van der Waals surface area contributed by atoms with Crippen LogP contribution in [0.5, 0.6) is 0 Å². The van der Waals surface area contributed by atoms with Crippen LogP contribution < -0.4 is 10.0 Å². The Kier molecular flexibility index (Phi) is 6.12. The summed E-state index contributed by atoms with van der Waals surface area (Å²) < 4.78 is 27.5. The lowest BCUT2D eigenvalue weighted by molar-refractivity contribution is 0.0950. The number of amides is 1. The summed E-state index contributed by atoms with van der Waals surface area (Å²) in [7, 11) is -3.81. The summed E-state index contributed by atoms with van der Waals surface area (Å²) in [6.45, 7) is 4.32. The first kappa shape index (κ1) is 20.5. The van der Waals surface area contributed by atoms with Crippen LogP contribution in [-0.4, -0.2) is 25.4 Å². The molecule has 1 heterocycles. The molecule has 0 radical (unpaired) electrons. The van der Waals surface area contributed by atoms with Crippen molar-refractivity contribution in [2.45, 2.75) is 50.1 Å². The van der Waals surface area contributed by atoms with E-state index in [2.05, 4.69) is 15.0 Å². The molecule has 1 aliphatic rings. The molecule has 0 unspecified atom stereocenters. The van der Waals surface area contributed by atoms with Crippen molar-refractivity contribution < 1.29 is 13.2 Å². The van der Waals surface area contributed by atoms with Crippen molar-refractivity contribution in [3.63, 3.8) is 0 Å². The predicted molar refractivity (Wildman–Crippen MR) is 107 cm³/mol. The summed E-state index contributed by atoms with van der Waals surface area (Å²) in [5.41, 5.74) is 0.793. The number of carbonyl (C=O) groups is 1. The Hall–Kier alpha value is -1.19. The van der Waals surface area contributed by atoms with Crippen LogP contribution in [0.25, 0.3) is 0 Å². The van der Waals surface area contributed by atoms with Crippen molar-refractivity contribution in [2.24, 2.45) is 0 Å². The molecule has 0 saturated heterocycles. The summed E-state index contributed by atoms with van der Waals surface area (Å²) in [5.74, 6) is -0.171. The molecule has 0 bridgehead atoms. The Morgan fingerprint density at radius 1 is 1.30 bits per heavy atom. The smallest absolute Gasteiger partial charge is 0.253 e. The van der Waals surface area contributed by atoms with Gasteiger partial charge >= 0.3 is 0 Å². The van der Waals surface area contributed by atoms with Crippen LogP contribution in [0, 0.1) is 0 Å². The highest BCUT2D eigenvalue weighted by Crippen LogP contribution is 2.30. The number of nitrogens with zero attached hydrogens (tertiary/aromatic N) is 1. The first-order valence-corrected chi connectivity index (χ1v) is 11.5. The van der Waals surface area contributed by atoms with Crippen molar-refractivity contribution in [3.05, 3.63) is 43.8 Å². The third-order valence-corrected chi connectivity index (χ3v) is 7.44. The Morgan fingerprint density at radius 2 is 2.00 bits per heavy atom. The normalized spacial score (nSPS) is 14.6. The van der Waals surface area contributed by atoms with Crippen molar-refractivity contribution >= 4 is 50.5 Å². The van der Waals surface area contributed by atoms with Gasteiger partial charge in [-0.3, -0.25) is 4.79 Å². The molecule has 1 aromatic heterocycles. The minimum atomic E-state index is -3.81. The van der Waals surface area contributed by atoms with Crippen molar-refractivity contribution in [1.29, 1.82) is 0 Å². The number of carbonyl (C=O) groups excluding carboxylic acids is 1. The first-order chi connectivity index (χ1) is 12.7. The van der Waals surface area contributed by atoms with E-state index in [1.54, 1.807) is 0 Å². The third kappa shape index (κ3) is 5.00. The second-order valence-corrected chi connectivity index (χ2v) is 10.1. The fourth-order valence-corrected chi connectivity index (χ4v) is 5.33. The lowest BCUT2D eigenvalue weighted by Crippen LogP contribution is -2.27. The second kappa shape index (κ2) is 8.05. The number of rotatable bonds is 7. The average molecular weight is 448 g/mol. The van der Waals surface area contributed by atoms with Gasteiger partial charge in [-0.15, -0.1) is 11.3 Å². The van der Waals surface area contributed by atoms with E-state index in [4.69, 9.17) is 23.2 Å². The molecule has 6 nitrogen and oxygen atoms in total. The van der Waals surface area contributed by atoms with Gasteiger partial charge in [0.2, 0.25) is 10.0 Å². The van der Waals surface area contributed by atoms with E-state index in [1.807, 2.05) is 19.2 Å². The zero-order chi connectivity index (χ0) is 19.8. The molecule has 10 heteroatoms. The minimum absolute atomic E-state index is 0.0224. The molecule has 27 heavy (non-hydrogen) atoms.